The fraction of sp³-hybridized carbons (Fsp3) is 0.353. The van der Waals surface area contributed by atoms with Crippen LogP contribution in [0.15, 0.2) is 30.4 Å². The fourth-order valence-corrected chi connectivity index (χ4v) is 4.19. The number of imide groups is 1. The summed E-state index contributed by atoms with van der Waals surface area (Å²) in [5.74, 6) is -3.08. The van der Waals surface area contributed by atoms with E-state index < -0.39 is 40.7 Å². The summed E-state index contributed by atoms with van der Waals surface area (Å²) in [6.07, 6.45) is 4.71. The molecule has 134 valence electrons. The summed E-state index contributed by atoms with van der Waals surface area (Å²) in [7, 11) is 0. The van der Waals surface area contributed by atoms with Crippen molar-refractivity contribution in [2.75, 3.05) is 11.9 Å². The number of likely N-dealkylation sites (tertiary alicyclic amines) is 1. The lowest BCUT2D eigenvalue weighted by atomic mass is 9.85. The number of carbonyl (C=O) groups is 3. The molecule has 3 amide bonds. The largest absolute Gasteiger partial charge is 0.324 e. The summed E-state index contributed by atoms with van der Waals surface area (Å²) >= 11 is 0. The van der Waals surface area contributed by atoms with E-state index >= 15 is 0 Å². The molecule has 9 heteroatoms. The third kappa shape index (κ3) is 2.39. The van der Waals surface area contributed by atoms with E-state index in [1.165, 1.54) is 6.07 Å². The van der Waals surface area contributed by atoms with E-state index in [-0.39, 0.29) is 29.3 Å². The Hall–Kier alpha value is -3.10. The van der Waals surface area contributed by atoms with E-state index in [2.05, 4.69) is 5.32 Å². The van der Waals surface area contributed by atoms with E-state index in [4.69, 9.17) is 0 Å². The van der Waals surface area contributed by atoms with Crippen LogP contribution in [0.5, 0.6) is 0 Å². The van der Waals surface area contributed by atoms with Gasteiger partial charge in [0, 0.05) is 11.8 Å². The van der Waals surface area contributed by atoms with Gasteiger partial charge >= 0.3 is 5.69 Å². The van der Waals surface area contributed by atoms with Crippen LogP contribution >= 0.6 is 0 Å². The number of rotatable bonds is 4. The van der Waals surface area contributed by atoms with Gasteiger partial charge in [-0.1, -0.05) is 12.2 Å². The van der Waals surface area contributed by atoms with Gasteiger partial charge in [-0.05, 0) is 30.4 Å². The molecule has 3 aliphatic rings. The number of carbonyl (C=O) groups excluding carboxylic acids is 3. The summed E-state index contributed by atoms with van der Waals surface area (Å²) in [5.41, 5.74) is -0.752. The van der Waals surface area contributed by atoms with Crippen LogP contribution in [0.1, 0.15) is 6.42 Å². The highest BCUT2D eigenvalue weighted by Crippen LogP contribution is 2.52. The minimum Gasteiger partial charge on any atom is -0.324 e. The second-order valence-corrected chi connectivity index (χ2v) is 6.73. The zero-order valence-corrected chi connectivity index (χ0v) is 13.4. The van der Waals surface area contributed by atoms with E-state index in [0.29, 0.717) is 0 Å². The van der Waals surface area contributed by atoms with Crippen molar-refractivity contribution >= 4 is 29.1 Å². The molecule has 1 heterocycles. The molecule has 26 heavy (non-hydrogen) atoms. The van der Waals surface area contributed by atoms with Gasteiger partial charge in [0.05, 0.1) is 16.8 Å². The highest BCUT2D eigenvalue weighted by molar-refractivity contribution is 6.09. The standard InChI is InChI=1S/C17H14FN3O5/c18-11-4-3-10(6-12(11)21(25)26)19-13(22)7-20-16(23)14-8-1-2-9(5-8)15(14)17(20)24/h1-4,6,8-9,14-15H,5,7H2,(H,19,22). The number of hydrogen-bond donors (Lipinski definition) is 1. The number of fused-ring (bicyclic) bond motifs is 5. The first-order valence-electron chi connectivity index (χ1n) is 8.14. The topological polar surface area (TPSA) is 110 Å². The molecule has 4 unspecified atom stereocenters. The lowest BCUT2D eigenvalue weighted by Crippen LogP contribution is -2.39. The normalized spacial score (nSPS) is 28.6. The van der Waals surface area contributed by atoms with E-state index in [1.807, 2.05) is 12.2 Å². The molecule has 2 bridgehead atoms. The number of benzene rings is 1. The Kier molecular flexibility index (Phi) is 3.60. The maximum absolute atomic E-state index is 13.3. The van der Waals surface area contributed by atoms with Gasteiger partial charge in [0.2, 0.25) is 23.5 Å². The SMILES string of the molecule is O=C(CN1C(=O)C2C3C=CC(C3)C2C1=O)Nc1ccc(F)c([N+](=O)[O-])c1. The quantitative estimate of drug-likeness (QED) is 0.379. The first-order valence-corrected chi connectivity index (χ1v) is 8.14. The molecule has 2 fully saturated rings. The first-order chi connectivity index (χ1) is 12.4. The molecule has 1 aromatic rings. The summed E-state index contributed by atoms with van der Waals surface area (Å²) < 4.78 is 13.3. The average Bonchev–Trinajstić information content (AvgIpc) is 3.26. The van der Waals surface area contributed by atoms with Gasteiger partial charge in [-0.2, -0.15) is 4.39 Å². The summed E-state index contributed by atoms with van der Waals surface area (Å²) in [4.78, 5) is 48.0. The third-order valence-electron chi connectivity index (χ3n) is 5.29. The zero-order valence-electron chi connectivity index (χ0n) is 13.4. The van der Waals surface area contributed by atoms with Gasteiger partial charge in [-0.3, -0.25) is 29.4 Å². The Morgan fingerprint density at radius 1 is 1.23 bits per heavy atom. The van der Waals surface area contributed by atoms with Crippen LogP contribution in [-0.4, -0.2) is 34.1 Å². The molecule has 2 aliphatic carbocycles. The maximum atomic E-state index is 13.3. The Morgan fingerprint density at radius 3 is 2.42 bits per heavy atom. The molecule has 4 rings (SSSR count). The van der Waals surface area contributed by atoms with E-state index in [1.54, 1.807) is 0 Å². The first kappa shape index (κ1) is 16.4. The average molecular weight is 359 g/mol. The van der Waals surface area contributed by atoms with Crippen molar-refractivity contribution in [2.24, 2.45) is 23.7 Å². The Bertz CT molecular complexity index is 853. The predicted octanol–water partition coefficient (Wildman–Crippen LogP) is 1.48. The highest BCUT2D eigenvalue weighted by Gasteiger charge is 2.59. The Morgan fingerprint density at radius 2 is 1.85 bits per heavy atom. The second-order valence-electron chi connectivity index (χ2n) is 6.73. The van der Waals surface area contributed by atoms with Crippen LogP contribution in [0, 0.1) is 39.6 Å². The minimum absolute atomic E-state index is 0.0177. The molecule has 1 aromatic carbocycles. The van der Waals surface area contributed by atoms with Gasteiger partial charge in [0.25, 0.3) is 0 Å². The van der Waals surface area contributed by atoms with Crippen molar-refractivity contribution in [3.63, 3.8) is 0 Å². The predicted molar refractivity (Wildman–Crippen MR) is 86.1 cm³/mol. The van der Waals surface area contributed by atoms with Gasteiger partial charge in [0.15, 0.2) is 0 Å². The Balaban J connectivity index is 1.46. The third-order valence-corrected chi connectivity index (χ3v) is 5.29. The smallest absolute Gasteiger partial charge is 0.306 e. The van der Waals surface area contributed by atoms with Gasteiger partial charge in [0.1, 0.15) is 6.54 Å². The molecule has 0 radical (unpaired) electrons. The number of nitrogens with one attached hydrogen (secondary N) is 1. The summed E-state index contributed by atoms with van der Waals surface area (Å²) in [6.45, 7) is -0.463. The number of halogens is 1. The van der Waals surface area contributed by atoms with Crippen molar-refractivity contribution in [1.82, 2.24) is 4.90 Å². The summed E-state index contributed by atoms with van der Waals surface area (Å²) in [5, 5.41) is 13.1. The lowest BCUT2D eigenvalue weighted by molar-refractivity contribution is -0.387. The monoisotopic (exact) mass is 359 g/mol. The van der Waals surface area contributed by atoms with Crippen molar-refractivity contribution in [2.45, 2.75) is 6.42 Å². The lowest BCUT2D eigenvalue weighted by Gasteiger charge is -2.16. The molecule has 1 saturated heterocycles. The van der Waals surface area contributed by atoms with Crippen molar-refractivity contribution in [1.29, 1.82) is 0 Å². The number of anilines is 1. The van der Waals surface area contributed by atoms with Gasteiger partial charge in [-0.25, -0.2) is 0 Å². The number of hydrogen-bond acceptors (Lipinski definition) is 5. The molecule has 1 N–H and O–H groups in total. The fourth-order valence-electron chi connectivity index (χ4n) is 4.19. The maximum Gasteiger partial charge on any atom is 0.306 e. The molecule has 0 spiro atoms. The number of allylic oxidation sites excluding steroid dienone is 2. The van der Waals surface area contributed by atoms with Crippen LogP contribution in [0.3, 0.4) is 0 Å². The number of nitro groups is 1. The van der Waals surface area contributed by atoms with Crippen molar-refractivity contribution < 1.29 is 23.7 Å². The molecular weight excluding hydrogens is 345 g/mol. The summed E-state index contributed by atoms with van der Waals surface area (Å²) in [6, 6.07) is 2.93. The second kappa shape index (κ2) is 5.72. The number of amides is 3. The van der Waals surface area contributed by atoms with Crippen LogP contribution < -0.4 is 5.32 Å². The van der Waals surface area contributed by atoms with Crippen molar-refractivity contribution in [3.05, 3.63) is 46.3 Å². The van der Waals surface area contributed by atoms with Crippen LogP contribution in [0.4, 0.5) is 15.8 Å². The van der Waals surface area contributed by atoms with E-state index in [0.717, 1.165) is 23.5 Å². The van der Waals surface area contributed by atoms with Crippen LogP contribution in [0.25, 0.3) is 0 Å². The van der Waals surface area contributed by atoms with Gasteiger partial charge in [-0.15, -0.1) is 0 Å². The van der Waals surface area contributed by atoms with E-state index in [9.17, 15) is 28.9 Å². The molecule has 1 saturated carbocycles. The van der Waals surface area contributed by atoms with Crippen molar-refractivity contribution in [3.8, 4) is 0 Å². The molecule has 1 aliphatic heterocycles. The molecular formula is C17H14FN3O5. The van der Waals surface area contributed by atoms with Gasteiger partial charge < -0.3 is 5.32 Å². The van der Waals surface area contributed by atoms with Crippen LogP contribution in [-0.2, 0) is 14.4 Å². The molecule has 8 nitrogen and oxygen atoms in total. The molecule has 0 aromatic heterocycles. The zero-order chi connectivity index (χ0) is 18.6. The number of nitro benzene ring substituents is 1. The van der Waals surface area contributed by atoms with Crippen LogP contribution in [0.2, 0.25) is 0 Å². The number of nitrogens with zero attached hydrogens (tertiary/aromatic N) is 2. The Labute approximate surface area is 146 Å². The molecule has 4 atom stereocenters. The minimum atomic E-state index is -1.02. The highest BCUT2D eigenvalue weighted by atomic mass is 19.1.